The van der Waals surface area contributed by atoms with Crippen LogP contribution in [0.4, 0.5) is 0 Å². The van der Waals surface area contributed by atoms with Crippen LogP contribution in [-0.4, -0.2) is 152 Å². The number of para-hydroxylation sites is 1. The molecule has 1 aromatic heterocycles. The molecule has 1 fully saturated rings. The summed E-state index contributed by atoms with van der Waals surface area (Å²) in [5, 5.41) is 31.8. The standard InChI is InChI=1S/C54H87N7O13SSi2.Fm/c1-15-30(2)47-49(69)57-25-45(66)58-39(42(64)22-34(23-44(55)65)51(70)61-27-35(62)24-40(61)52(71)72)29-75-50-37(36-18-16-17-19-38(36)59-50)20-33(48(68)56-26-46(67)60-47)21-41(63)31(3)32(4)43(74-77(13,14)54(8,9)10)28-73-76(11,12)53(5,6)7;/h16-19,30-35,39-40,43,47,59,62H,15,20-29H2,1-14H3,(H2,55,65)(H,56,68)(H,57,69)(H,58,66)(H,60,67)(H,71,72);/t30-,31-,32+,33+,34-,35+,39-,40-,43-,47-;/m0./s1. The maximum atomic E-state index is 14.9. The van der Waals surface area contributed by atoms with Crippen LogP contribution < -0.4 is 27.0 Å². The molecule has 0 saturated carbocycles. The fourth-order valence-electron chi connectivity index (χ4n) is 8.95. The molecule has 0 bridgehead atoms. The third kappa shape index (κ3) is 17.3. The summed E-state index contributed by atoms with van der Waals surface area (Å²) < 4.78 is 13.8. The molecule has 2 aliphatic heterocycles. The number of nitrogens with two attached hydrogens (primary N) is 1. The summed E-state index contributed by atoms with van der Waals surface area (Å²) >= 11 is 1.12. The summed E-state index contributed by atoms with van der Waals surface area (Å²) in [5.74, 6) is -11.0. The number of likely N-dealkylation sites (tertiary alicyclic amines) is 1. The van der Waals surface area contributed by atoms with Gasteiger partial charge in [-0.15, -0.1) is 11.8 Å². The molecule has 1 aromatic carbocycles. The number of amides is 6. The maximum Gasteiger partial charge on any atom is 0.326 e. The van der Waals surface area contributed by atoms with Gasteiger partial charge in [0, 0.05) is 60.7 Å². The number of carboxylic acid groups (broad SMARTS) is 1. The molecule has 0 spiro atoms. The second kappa shape index (κ2) is 27.3. The average molecular weight is 1390 g/mol. The van der Waals surface area contributed by atoms with Crippen LogP contribution in [0.15, 0.2) is 29.3 Å². The first kappa shape index (κ1) is 66.3. The number of carbonyl (C=O) groups is 9. The van der Waals surface area contributed by atoms with Crippen LogP contribution in [0, 0.1) is 29.6 Å². The SMILES string of the molecule is CC[C@H](C)[C@@H]1NC(=O)CNC(=O)[C@@H](CC(=O)[C@@H](C)[C@@H](C)[C@H](CO[Si](C)(C)C(C)(C)C)O[Si](C)(C)C(C)(C)C)Cc2c([nH]c3ccccc23)SC[C@@H](C(=O)C[C@@H](CC(N)=O)C(=O)N2C[C@H](O)C[C@H]2C(=O)O)NC(=O)CNC1=O.[Fm]. The monoisotopic (exact) mass is 1390 g/mol. The van der Waals surface area contributed by atoms with Gasteiger partial charge in [-0.05, 0) is 66.2 Å². The Hall–Kier alpha value is -5.95. The Morgan fingerprint density at radius 1 is 0.872 bits per heavy atom. The van der Waals surface area contributed by atoms with Crippen molar-refractivity contribution in [2.24, 2.45) is 35.3 Å². The van der Waals surface area contributed by atoms with Crippen LogP contribution in [-0.2, 0) is 58.4 Å². The second-order valence-corrected chi connectivity index (χ2v) is 34.9. The van der Waals surface area contributed by atoms with Gasteiger partial charge < -0.3 is 55.9 Å². The smallest absolute Gasteiger partial charge is 0.326 e. The predicted octanol–water partition coefficient (Wildman–Crippen LogP) is 4.82. The summed E-state index contributed by atoms with van der Waals surface area (Å²) in [4.78, 5) is 128. The minimum absolute atomic E-state index is 0. The number of aromatic nitrogens is 1. The fraction of sp³-hybridized carbons (Fsp3) is 0.685. The van der Waals surface area contributed by atoms with E-state index in [0.29, 0.717) is 27.9 Å². The molecule has 24 heteroatoms. The van der Waals surface area contributed by atoms with Crippen molar-refractivity contribution in [2.75, 3.05) is 32.0 Å². The first-order valence-electron chi connectivity index (χ1n) is 26.8. The van der Waals surface area contributed by atoms with Crippen molar-refractivity contribution < 1.29 is 62.2 Å². The van der Waals surface area contributed by atoms with Gasteiger partial charge in [0.2, 0.25) is 35.4 Å². The number of primary amides is 1. The van der Waals surface area contributed by atoms with Gasteiger partial charge in [-0.25, -0.2) is 4.79 Å². The minimum atomic E-state index is -2.41. The number of aromatic amines is 1. The first-order chi connectivity index (χ1) is 35.6. The topological polar surface area (TPSA) is 306 Å². The molecule has 1 saturated heterocycles. The number of fused-ring (bicyclic) bond motifs is 3. The molecule has 3 heterocycles. The van der Waals surface area contributed by atoms with Gasteiger partial charge in [-0.3, -0.25) is 38.4 Å². The van der Waals surface area contributed by atoms with Crippen LogP contribution in [0.1, 0.15) is 107 Å². The van der Waals surface area contributed by atoms with E-state index in [1.165, 1.54) is 0 Å². The molecule has 6 amide bonds. The summed E-state index contributed by atoms with van der Waals surface area (Å²) in [7, 11) is -4.67. The van der Waals surface area contributed by atoms with E-state index in [1.54, 1.807) is 6.92 Å². The number of nitrogens with one attached hydrogen (secondary N) is 5. The number of rotatable bonds is 19. The number of nitrogens with zero attached hydrogens (tertiary/aromatic N) is 1. The Balaban J connectivity index is 0.0000160. The Labute approximate surface area is 460 Å². The van der Waals surface area contributed by atoms with Crippen molar-refractivity contribution in [3.63, 3.8) is 0 Å². The van der Waals surface area contributed by atoms with Gasteiger partial charge in [-0.2, -0.15) is 0 Å². The number of aliphatic hydroxyl groups is 1. The molecule has 10 atom stereocenters. The fourth-order valence-corrected chi connectivity index (χ4v) is 12.5. The molecule has 0 aliphatic carbocycles. The van der Waals surface area contributed by atoms with Crippen molar-refractivity contribution in [2.45, 2.75) is 179 Å². The van der Waals surface area contributed by atoms with Gasteiger partial charge in [0.1, 0.15) is 17.9 Å². The number of benzene rings is 1. The molecule has 0 unspecified atom stereocenters. The Morgan fingerprint density at radius 2 is 1.46 bits per heavy atom. The minimum Gasteiger partial charge on any atom is -0.480 e. The summed E-state index contributed by atoms with van der Waals surface area (Å²) in [6.45, 7) is 27.8. The number of β-amino-alcohol motifs (C(OH)–C–C–N with tert-alkyl or cyclic N) is 1. The third-order valence-corrected chi connectivity index (χ3v) is 26.6. The van der Waals surface area contributed by atoms with E-state index in [2.05, 4.69) is 94.0 Å². The number of hydrogen-bond donors (Lipinski definition) is 8. The molecular formula is C54H87FmN7O13SSi2. The van der Waals surface area contributed by atoms with Gasteiger partial charge >= 0.3 is 5.97 Å². The van der Waals surface area contributed by atoms with E-state index < -0.39 is 144 Å². The van der Waals surface area contributed by atoms with Crippen LogP contribution in [0.5, 0.6) is 0 Å². The van der Waals surface area contributed by atoms with Crippen molar-refractivity contribution in [1.29, 1.82) is 0 Å². The number of aliphatic carboxylic acids is 1. The molecule has 0 radical (unpaired) electrons. The number of carbonyl (C=O) groups excluding carboxylic acids is 8. The zero-order valence-corrected chi connectivity index (χ0v) is 53.2. The Kier molecular flexibility index (Phi) is 23.2. The zero-order valence-electron chi connectivity index (χ0n) is 48.0. The zero-order chi connectivity index (χ0) is 58.1. The maximum absolute atomic E-state index is 14.9. The summed E-state index contributed by atoms with van der Waals surface area (Å²) in [6, 6.07) is 3.34. The summed E-state index contributed by atoms with van der Waals surface area (Å²) in [5.41, 5.74) is 6.83. The van der Waals surface area contributed by atoms with Gasteiger partial charge in [0.15, 0.2) is 22.4 Å². The van der Waals surface area contributed by atoms with Crippen molar-refractivity contribution in [3.8, 4) is 0 Å². The van der Waals surface area contributed by atoms with E-state index >= 15 is 0 Å². The first-order valence-corrected chi connectivity index (χ1v) is 33.6. The second-order valence-electron chi connectivity index (χ2n) is 24.3. The molecule has 442 valence electrons. The predicted molar refractivity (Wildman–Crippen MR) is 299 cm³/mol. The Morgan fingerprint density at radius 3 is 2.04 bits per heavy atom. The molecule has 9 N–H and O–H groups in total. The third-order valence-electron chi connectivity index (χ3n) is 16.5. The number of Topliss-reactive ketones (excluding diaryl/α,β-unsaturated/α-hetero) is 2. The van der Waals surface area contributed by atoms with Gasteiger partial charge in [0.25, 0.3) is 0 Å². The Bertz CT molecular complexity index is 2500. The molecular weight excluding hydrogens is 1300 g/mol. The largest absolute Gasteiger partial charge is 0.480 e. The summed E-state index contributed by atoms with van der Waals surface area (Å²) in [6.07, 6.45) is -2.99. The number of carboxylic acids is 1. The number of ketones is 2. The van der Waals surface area contributed by atoms with E-state index in [9.17, 15) is 53.4 Å². The molecule has 20 nitrogen and oxygen atoms in total. The molecule has 78 heavy (non-hydrogen) atoms. The van der Waals surface area contributed by atoms with Crippen LogP contribution in [0.25, 0.3) is 10.9 Å². The average Bonchev–Trinajstić information content (AvgIpc) is 3.91. The van der Waals surface area contributed by atoms with Crippen molar-refractivity contribution in [3.05, 3.63) is 29.8 Å². The molecule has 4 rings (SSSR count). The van der Waals surface area contributed by atoms with Crippen LogP contribution in [0.3, 0.4) is 0 Å². The number of H-pyrrole nitrogens is 1. The number of aliphatic hydroxyl groups excluding tert-OH is 1. The van der Waals surface area contributed by atoms with E-state index in [1.807, 2.05) is 45.0 Å². The molecule has 2 aliphatic rings. The molecule has 2 aromatic rings. The number of thioether (sulfide) groups is 1. The van der Waals surface area contributed by atoms with Crippen molar-refractivity contribution >= 4 is 92.3 Å². The van der Waals surface area contributed by atoms with Crippen molar-refractivity contribution in [1.82, 2.24) is 31.2 Å². The van der Waals surface area contributed by atoms with Crippen LogP contribution >= 0.6 is 11.8 Å². The van der Waals surface area contributed by atoms with E-state index in [4.69, 9.17) is 14.6 Å². The van der Waals surface area contributed by atoms with Gasteiger partial charge in [-0.1, -0.05) is 93.9 Å². The van der Waals surface area contributed by atoms with Gasteiger partial charge in [0.05, 0.1) is 48.9 Å². The van der Waals surface area contributed by atoms with E-state index in [0.717, 1.165) is 16.7 Å². The number of hydrogen-bond acceptors (Lipinski definition) is 13. The normalized spacial score (nSPS) is 22.7. The van der Waals surface area contributed by atoms with E-state index in [-0.39, 0.29) is 59.9 Å². The van der Waals surface area contributed by atoms with Crippen LogP contribution in [0.2, 0.25) is 36.3 Å². The quantitative estimate of drug-likeness (QED) is 0.0876.